The first-order valence-corrected chi connectivity index (χ1v) is 10.4. The van der Waals surface area contributed by atoms with Gasteiger partial charge in [0, 0.05) is 29.9 Å². The Bertz CT molecular complexity index is 934. The Morgan fingerprint density at radius 1 is 0.935 bits per heavy atom. The van der Waals surface area contributed by atoms with E-state index in [4.69, 9.17) is 10.5 Å². The molecule has 0 unspecified atom stereocenters. The average molecular weight is 417 g/mol. The minimum absolute atomic E-state index is 0.0922. The summed E-state index contributed by atoms with van der Waals surface area (Å²) < 4.78 is 5.62. The average Bonchev–Trinajstić information content (AvgIpc) is 2.81. The fourth-order valence-corrected chi connectivity index (χ4v) is 3.58. The number of nitrogens with zero attached hydrogens (tertiary/aromatic N) is 1. The maximum atomic E-state index is 11.9. The summed E-state index contributed by atoms with van der Waals surface area (Å²) in [5.74, 6) is -0.902. The first-order chi connectivity index (χ1) is 15.1. The molecule has 0 saturated carbocycles. The molecule has 31 heavy (non-hydrogen) atoms. The molecule has 0 atom stereocenters. The van der Waals surface area contributed by atoms with E-state index in [0.29, 0.717) is 25.9 Å². The van der Waals surface area contributed by atoms with Crippen molar-refractivity contribution in [3.8, 4) is 0 Å². The normalized spacial score (nSPS) is 11.9. The van der Waals surface area contributed by atoms with Crippen LogP contribution in [-0.2, 0) is 16.0 Å². The molecule has 0 aliphatic heterocycles. The monoisotopic (exact) mass is 416 g/mol. The van der Waals surface area contributed by atoms with E-state index >= 15 is 0 Å². The molecule has 2 aromatic carbocycles. The summed E-state index contributed by atoms with van der Waals surface area (Å²) >= 11 is 0. The van der Waals surface area contributed by atoms with Crippen molar-refractivity contribution < 1.29 is 14.6 Å². The molecule has 160 valence electrons. The smallest absolute Gasteiger partial charge is 0.333 e. The first-order valence-electron chi connectivity index (χ1n) is 10.4. The summed E-state index contributed by atoms with van der Waals surface area (Å²) in [7, 11) is 0. The Morgan fingerprint density at radius 3 is 2.10 bits per heavy atom. The summed E-state index contributed by atoms with van der Waals surface area (Å²) in [6.07, 6.45) is 3.39. The number of aliphatic carboxylic acids is 1. The van der Waals surface area contributed by atoms with Gasteiger partial charge in [-0.1, -0.05) is 66.7 Å². The van der Waals surface area contributed by atoms with Gasteiger partial charge in [0.15, 0.2) is 0 Å². The largest absolute Gasteiger partial charge is 0.478 e. The number of rotatable bonds is 11. The van der Waals surface area contributed by atoms with Crippen LogP contribution in [0, 0.1) is 0 Å². The summed E-state index contributed by atoms with van der Waals surface area (Å²) in [5, 5.41) is 9.73. The summed E-state index contributed by atoms with van der Waals surface area (Å²) in [4.78, 5) is 16.1. The number of carboxylic acids is 1. The van der Waals surface area contributed by atoms with Crippen molar-refractivity contribution in [3.63, 3.8) is 0 Å². The second-order valence-corrected chi connectivity index (χ2v) is 7.35. The van der Waals surface area contributed by atoms with Gasteiger partial charge in [0.25, 0.3) is 0 Å². The minimum Gasteiger partial charge on any atom is -0.478 e. The lowest BCUT2D eigenvalue weighted by atomic mass is 9.86. The number of carbonyl (C=O) groups is 1. The fraction of sp³-hybridized carbons (Fsp3) is 0.231. The number of nitrogens with two attached hydrogens (primary N) is 1. The molecule has 3 rings (SSSR count). The Labute approximate surface area is 183 Å². The van der Waals surface area contributed by atoms with Crippen molar-refractivity contribution >= 4 is 5.97 Å². The van der Waals surface area contributed by atoms with Crippen LogP contribution in [0.15, 0.2) is 96.3 Å². The second-order valence-electron chi connectivity index (χ2n) is 7.35. The van der Waals surface area contributed by atoms with Crippen LogP contribution in [0.1, 0.15) is 35.6 Å². The highest BCUT2D eigenvalue weighted by Crippen LogP contribution is 2.30. The van der Waals surface area contributed by atoms with Crippen LogP contribution in [0.3, 0.4) is 0 Å². The Morgan fingerprint density at radius 2 is 1.55 bits per heavy atom. The van der Waals surface area contributed by atoms with Crippen LogP contribution >= 0.6 is 0 Å². The molecule has 1 heterocycles. The van der Waals surface area contributed by atoms with Crippen LogP contribution in [-0.4, -0.2) is 29.3 Å². The van der Waals surface area contributed by atoms with Crippen LogP contribution in [0.5, 0.6) is 0 Å². The highest BCUT2D eigenvalue weighted by Gasteiger charge is 2.19. The lowest BCUT2D eigenvalue weighted by Crippen LogP contribution is -2.17. The highest BCUT2D eigenvalue weighted by molar-refractivity contribution is 5.87. The number of benzene rings is 2. The molecule has 5 heteroatoms. The topological polar surface area (TPSA) is 85.4 Å². The third kappa shape index (κ3) is 6.79. The van der Waals surface area contributed by atoms with Gasteiger partial charge in [0.2, 0.25) is 0 Å². The molecular weight excluding hydrogens is 388 g/mol. The van der Waals surface area contributed by atoms with E-state index in [1.54, 1.807) is 6.20 Å². The van der Waals surface area contributed by atoms with E-state index in [-0.39, 0.29) is 23.8 Å². The number of carboxylic acid groups (broad SMARTS) is 1. The molecule has 0 aliphatic carbocycles. The maximum Gasteiger partial charge on any atom is 0.333 e. The second kappa shape index (κ2) is 11.7. The predicted octanol–water partition coefficient (Wildman–Crippen LogP) is 4.55. The molecule has 3 N–H and O–H groups in total. The van der Waals surface area contributed by atoms with Crippen molar-refractivity contribution in [1.82, 2.24) is 4.98 Å². The van der Waals surface area contributed by atoms with Gasteiger partial charge in [0.05, 0.1) is 18.8 Å². The third-order valence-electron chi connectivity index (χ3n) is 5.22. The molecule has 0 radical (unpaired) electrons. The maximum absolute atomic E-state index is 11.9. The molecule has 0 spiro atoms. The van der Waals surface area contributed by atoms with E-state index in [0.717, 1.165) is 16.8 Å². The fourth-order valence-electron chi connectivity index (χ4n) is 3.58. The Hall–Kier alpha value is -3.44. The highest BCUT2D eigenvalue weighted by atomic mass is 16.5. The van der Waals surface area contributed by atoms with Gasteiger partial charge in [-0.05, 0) is 36.1 Å². The number of hydrogen-bond donors (Lipinski definition) is 2. The van der Waals surface area contributed by atoms with Crippen molar-refractivity contribution in [2.75, 3.05) is 13.2 Å². The van der Waals surface area contributed by atoms with E-state index in [1.165, 1.54) is 0 Å². The zero-order chi connectivity index (χ0) is 21.9. The molecule has 0 aliphatic rings. The molecule has 0 fully saturated rings. The summed E-state index contributed by atoms with van der Waals surface area (Å²) in [6.45, 7) is 0.525. The number of aromatic nitrogens is 1. The molecule has 0 saturated heterocycles. The first kappa shape index (κ1) is 22.2. The van der Waals surface area contributed by atoms with Crippen molar-refractivity contribution in [2.45, 2.75) is 25.2 Å². The quantitative estimate of drug-likeness (QED) is 0.354. The van der Waals surface area contributed by atoms with Crippen LogP contribution in [0.25, 0.3) is 0 Å². The Kier molecular flexibility index (Phi) is 8.38. The van der Waals surface area contributed by atoms with Crippen molar-refractivity contribution in [1.29, 1.82) is 0 Å². The van der Waals surface area contributed by atoms with Gasteiger partial charge >= 0.3 is 5.97 Å². The Balaban J connectivity index is 1.65. The van der Waals surface area contributed by atoms with Gasteiger partial charge in [-0.15, -0.1) is 0 Å². The van der Waals surface area contributed by atoms with E-state index in [2.05, 4.69) is 29.2 Å². The standard InChI is InChI=1S/C26H28N2O3/c27-25(19-31-18-16-22-13-7-8-17-28-22)24(26(29)30)15-14-23(20-9-3-1-4-10-20)21-11-5-2-6-12-21/h1-13,17,23H,14-16,18-19,27H2,(H,29,30). The van der Waals surface area contributed by atoms with Crippen molar-refractivity contribution in [2.24, 2.45) is 5.73 Å². The van der Waals surface area contributed by atoms with Gasteiger partial charge in [0.1, 0.15) is 0 Å². The van der Waals surface area contributed by atoms with E-state index in [1.807, 2.05) is 54.6 Å². The molecule has 5 nitrogen and oxygen atoms in total. The summed E-state index contributed by atoms with van der Waals surface area (Å²) in [5.41, 5.74) is 9.85. The van der Waals surface area contributed by atoms with Crippen LogP contribution in [0.2, 0.25) is 0 Å². The number of hydrogen-bond acceptors (Lipinski definition) is 4. The zero-order valence-corrected chi connectivity index (χ0v) is 17.5. The zero-order valence-electron chi connectivity index (χ0n) is 17.5. The minimum atomic E-state index is -0.995. The SMILES string of the molecule is NC(COCCc1ccccn1)=C(CCC(c1ccccc1)c1ccccc1)C(=O)O. The number of ether oxygens (including phenoxy) is 1. The molecule has 0 bridgehead atoms. The van der Waals surface area contributed by atoms with E-state index in [9.17, 15) is 9.90 Å². The van der Waals surface area contributed by atoms with Crippen LogP contribution < -0.4 is 5.73 Å². The molecule has 1 aromatic heterocycles. The third-order valence-corrected chi connectivity index (χ3v) is 5.22. The molecular formula is C26H28N2O3. The molecule has 0 amide bonds. The van der Waals surface area contributed by atoms with Crippen molar-refractivity contribution in [3.05, 3.63) is 113 Å². The van der Waals surface area contributed by atoms with E-state index < -0.39 is 5.97 Å². The number of pyridine rings is 1. The van der Waals surface area contributed by atoms with Gasteiger partial charge < -0.3 is 15.6 Å². The van der Waals surface area contributed by atoms with Gasteiger partial charge in [-0.2, -0.15) is 0 Å². The summed E-state index contributed by atoms with van der Waals surface area (Å²) in [6, 6.07) is 26.0. The lowest BCUT2D eigenvalue weighted by molar-refractivity contribution is -0.133. The predicted molar refractivity (Wildman–Crippen MR) is 122 cm³/mol. The van der Waals surface area contributed by atoms with Gasteiger partial charge in [-0.25, -0.2) is 4.79 Å². The van der Waals surface area contributed by atoms with Crippen LogP contribution in [0.4, 0.5) is 0 Å². The molecule has 3 aromatic rings. The lowest BCUT2D eigenvalue weighted by Gasteiger charge is -2.19. The van der Waals surface area contributed by atoms with Gasteiger partial charge in [-0.3, -0.25) is 4.98 Å².